The molecule has 126 valence electrons. The number of oxazole rings is 1. The van der Waals surface area contributed by atoms with Crippen molar-refractivity contribution in [2.45, 2.75) is 25.8 Å². The second kappa shape index (κ2) is 6.16. The molecule has 1 aromatic heterocycles. The number of nitrogens with two attached hydrogens (primary N) is 1. The number of ether oxygens (including phenoxy) is 1. The smallest absolute Gasteiger partial charge is 0.191 e. The molecule has 2 N–H and O–H groups in total. The number of benzene rings is 1. The van der Waals surface area contributed by atoms with Crippen LogP contribution in [0.25, 0.3) is 0 Å². The van der Waals surface area contributed by atoms with E-state index in [2.05, 4.69) is 9.98 Å². The predicted octanol–water partition coefficient (Wildman–Crippen LogP) is 2.15. The zero-order chi connectivity index (χ0) is 17.3. The molecular weight excluding hydrogens is 313 g/mol. The van der Waals surface area contributed by atoms with Crippen molar-refractivity contribution >= 4 is 11.6 Å². The van der Waals surface area contributed by atoms with Gasteiger partial charge in [-0.15, -0.1) is 0 Å². The lowest BCUT2D eigenvalue weighted by Crippen LogP contribution is -2.38. The minimum Gasteiger partial charge on any atom is -0.449 e. The van der Waals surface area contributed by atoms with Crippen LogP contribution in [0.1, 0.15) is 34.4 Å². The number of Topliss-reactive ketones (excluding diaryl/α,β-unsaturated/α-hetero) is 1. The fourth-order valence-electron chi connectivity index (χ4n) is 2.74. The third-order valence-corrected chi connectivity index (χ3v) is 3.90. The average molecular weight is 331 g/mol. The summed E-state index contributed by atoms with van der Waals surface area (Å²) in [6.45, 7) is 3.88. The summed E-state index contributed by atoms with van der Waals surface area (Å²) in [7, 11) is 0. The van der Waals surface area contributed by atoms with E-state index in [0.29, 0.717) is 22.9 Å². The van der Waals surface area contributed by atoms with Gasteiger partial charge in [0.25, 0.3) is 0 Å². The molecule has 1 aromatic carbocycles. The van der Waals surface area contributed by atoms with E-state index in [0.717, 1.165) is 0 Å². The number of aryl methyl sites for hydroxylation is 1. The molecule has 0 bridgehead atoms. The number of halogens is 1. The van der Waals surface area contributed by atoms with Crippen molar-refractivity contribution in [3.8, 4) is 0 Å². The molecule has 24 heavy (non-hydrogen) atoms. The van der Waals surface area contributed by atoms with Crippen LogP contribution in [-0.2, 0) is 16.7 Å². The minimum atomic E-state index is -0.907. The van der Waals surface area contributed by atoms with E-state index in [4.69, 9.17) is 14.9 Å². The molecule has 2 aromatic rings. The molecule has 0 aliphatic carbocycles. The molecule has 2 heterocycles. The van der Waals surface area contributed by atoms with E-state index < -0.39 is 11.4 Å². The molecule has 0 radical (unpaired) electrons. The minimum absolute atomic E-state index is 0.0926. The first-order valence-corrected chi connectivity index (χ1v) is 7.53. The first-order valence-electron chi connectivity index (χ1n) is 7.53. The van der Waals surface area contributed by atoms with Crippen LogP contribution in [-0.4, -0.2) is 29.8 Å². The second-order valence-electron chi connectivity index (χ2n) is 6.04. The Labute approximate surface area is 138 Å². The number of nitrogens with zero attached hydrogens (tertiary/aromatic N) is 2. The first-order chi connectivity index (χ1) is 11.4. The van der Waals surface area contributed by atoms with Crippen LogP contribution in [0.3, 0.4) is 0 Å². The molecule has 1 atom stereocenters. The number of hydrogen-bond acceptors (Lipinski definition) is 6. The number of carbonyl (C=O) groups excluding carboxylic acids is 1. The van der Waals surface area contributed by atoms with E-state index in [9.17, 15) is 9.18 Å². The molecule has 0 spiro atoms. The van der Waals surface area contributed by atoms with Gasteiger partial charge in [-0.1, -0.05) is 6.07 Å². The molecule has 0 saturated carbocycles. The summed E-state index contributed by atoms with van der Waals surface area (Å²) in [6.07, 6.45) is 1.42. The monoisotopic (exact) mass is 331 g/mol. The summed E-state index contributed by atoms with van der Waals surface area (Å²) in [5, 5.41) is 0. The Morgan fingerprint density at radius 1 is 1.46 bits per heavy atom. The van der Waals surface area contributed by atoms with Gasteiger partial charge in [0, 0.05) is 18.9 Å². The third-order valence-electron chi connectivity index (χ3n) is 3.90. The van der Waals surface area contributed by atoms with Crippen molar-refractivity contribution < 1.29 is 18.3 Å². The number of amidine groups is 1. The lowest BCUT2D eigenvalue weighted by Gasteiger charge is -2.30. The van der Waals surface area contributed by atoms with Crippen molar-refractivity contribution in [3.05, 3.63) is 53.0 Å². The molecule has 7 heteroatoms. The zero-order valence-electron chi connectivity index (χ0n) is 13.5. The van der Waals surface area contributed by atoms with Crippen molar-refractivity contribution in [2.24, 2.45) is 10.7 Å². The van der Waals surface area contributed by atoms with Gasteiger partial charge in [-0.3, -0.25) is 9.79 Å². The van der Waals surface area contributed by atoms with Gasteiger partial charge < -0.3 is 14.9 Å². The standard InChI is InChI=1S/C17H18FN3O3/c1-10-20-14(7-24-10)15(22)6-11-3-4-13(18)12(5-11)17(2)9-23-8-16(19)21-17/h3-5,7H,6,8-9H2,1-2H3,(H2,19,21)/t17-/m0/s1. The van der Waals surface area contributed by atoms with Gasteiger partial charge in [0.1, 0.15) is 35.8 Å². The summed E-state index contributed by atoms with van der Waals surface area (Å²) in [5.74, 6) is 0.142. The normalized spacial score (nSPS) is 20.7. The maximum absolute atomic E-state index is 14.3. The van der Waals surface area contributed by atoms with Gasteiger partial charge in [0.05, 0.1) is 6.61 Å². The Bertz CT molecular complexity index is 815. The van der Waals surface area contributed by atoms with Crippen LogP contribution in [0.15, 0.2) is 33.9 Å². The Morgan fingerprint density at radius 2 is 2.25 bits per heavy atom. The number of ketones is 1. The second-order valence-corrected chi connectivity index (χ2v) is 6.04. The number of aromatic nitrogens is 1. The van der Waals surface area contributed by atoms with Crippen LogP contribution in [0.4, 0.5) is 4.39 Å². The van der Waals surface area contributed by atoms with Crippen molar-refractivity contribution in [1.29, 1.82) is 0 Å². The number of rotatable bonds is 4. The van der Waals surface area contributed by atoms with Gasteiger partial charge in [-0.25, -0.2) is 9.37 Å². The molecule has 0 unspecified atom stereocenters. The number of aliphatic imine (C=N–C) groups is 1. The van der Waals surface area contributed by atoms with Crippen LogP contribution in [0.2, 0.25) is 0 Å². The Kier molecular flexibility index (Phi) is 4.19. The van der Waals surface area contributed by atoms with Crippen molar-refractivity contribution in [2.75, 3.05) is 13.2 Å². The number of carbonyl (C=O) groups is 1. The van der Waals surface area contributed by atoms with Gasteiger partial charge in [-0.05, 0) is 24.6 Å². The summed E-state index contributed by atoms with van der Waals surface area (Å²) in [6, 6.07) is 4.53. The highest BCUT2D eigenvalue weighted by Gasteiger charge is 2.33. The fourth-order valence-corrected chi connectivity index (χ4v) is 2.74. The van der Waals surface area contributed by atoms with Crippen LogP contribution in [0.5, 0.6) is 0 Å². The van der Waals surface area contributed by atoms with Crippen molar-refractivity contribution in [3.63, 3.8) is 0 Å². The first kappa shape index (κ1) is 16.3. The van der Waals surface area contributed by atoms with Gasteiger partial charge in [0.15, 0.2) is 11.7 Å². The largest absolute Gasteiger partial charge is 0.449 e. The topological polar surface area (TPSA) is 90.7 Å². The molecule has 6 nitrogen and oxygen atoms in total. The highest BCUT2D eigenvalue weighted by atomic mass is 19.1. The SMILES string of the molecule is Cc1nc(C(=O)Cc2ccc(F)c([C@]3(C)COCC(N)=N3)c2)co1. The molecular formula is C17H18FN3O3. The molecule has 1 aliphatic heterocycles. The predicted molar refractivity (Wildman–Crippen MR) is 85.5 cm³/mol. The fraction of sp³-hybridized carbons (Fsp3) is 0.353. The van der Waals surface area contributed by atoms with Crippen LogP contribution >= 0.6 is 0 Å². The molecule has 0 amide bonds. The summed E-state index contributed by atoms with van der Waals surface area (Å²) in [4.78, 5) is 20.6. The lowest BCUT2D eigenvalue weighted by molar-refractivity contribution is 0.0987. The average Bonchev–Trinajstić information content (AvgIpc) is 2.95. The van der Waals surface area contributed by atoms with E-state index in [1.165, 1.54) is 12.3 Å². The summed E-state index contributed by atoms with van der Waals surface area (Å²) in [5.41, 5.74) is 6.09. The highest BCUT2D eigenvalue weighted by molar-refractivity contribution is 5.95. The van der Waals surface area contributed by atoms with Gasteiger partial charge in [-0.2, -0.15) is 0 Å². The molecule has 0 fully saturated rings. The maximum Gasteiger partial charge on any atom is 0.191 e. The Morgan fingerprint density at radius 3 is 2.92 bits per heavy atom. The van der Waals surface area contributed by atoms with Gasteiger partial charge in [0.2, 0.25) is 0 Å². The number of hydrogen-bond donors (Lipinski definition) is 1. The summed E-state index contributed by atoms with van der Waals surface area (Å²) < 4.78 is 24.7. The lowest BCUT2D eigenvalue weighted by atomic mass is 9.90. The third kappa shape index (κ3) is 3.21. The van der Waals surface area contributed by atoms with Crippen LogP contribution in [0, 0.1) is 12.7 Å². The van der Waals surface area contributed by atoms with E-state index >= 15 is 0 Å². The molecule has 1 aliphatic rings. The summed E-state index contributed by atoms with van der Waals surface area (Å²) >= 11 is 0. The molecule has 3 rings (SSSR count). The van der Waals surface area contributed by atoms with E-state index in [1.807, 2.05) is 0 Å². The quantitative estimate of drug-likeness (QED) is 0.867. The molecule has 0 saturated heterocycles. The Balaban J connectivity index is 1.89. The van der Waals surface area contributed by atoms with Crippen molar-refractivity contribution in [1.82, 2.24) is 4.98 Å². The van der Waals surface area contributed by atoms with Crippen LogP contribution < -0.4 is 5.73 Å². The maximum atomic E-state index is 14.3. The van der Waals surface area contributed by atoms with E-state index in [1.54, 1.807) is 26.0 Å². The van der Waals surface area contributed by atoms with Gasteiger partial charge >= 0.3 is 0 Å². The highest BCUT2D eigenvalue weighted by Crippen LogP contribution is 2.31. The zero-order valence-corrected chi connectivity index (χ0v) is 13.5. The van der Waals surface area contributed by atoms with E-state index in [-0.39, 0.29) is 31.1 Å². The Hall–Kier alpha value is -2.54.